The third-order valence-electron chi connectivity index (χ3n) is 6.16. The lowest BCUT2D eigenvalue weighted by Gasteiger charge is -2.34. The molecule has 5 rings (SSSR count). The van der Waals surface area contributed by atoms with Crippen molar-refractivity contribution in [2.45, 2.75) is 0 Å². The summed E-state index contributed by atoms with van der Waals surface area (Å²) in [6.07, 6.45) is 5.17. The van der Waals surface area contributed by atoms with E-state index in [-0.39, 0.29) is 5.69 Å². The Kier molecular flexibility index (Phi) is 7.43. The SMILES string of the molecule is CN1CCN(c2cc(Cl)cc(NC(=O)Nc3cc(Oc4ccnc(-c5cnn(C)c5)c4)ccc3F)c2)CC1. The number of amides is 2. The van der Waals surface area contributed by atoms with Crippen molar-refractivity contribution in [1.82, 2.24) is 19.7 Å². The molecule has 9 nitrogen and oxygen atoms in total. The van der Waals surface area contributed by atoms with E-state index in [9.17, 15) is 9.18 Å². The number of rotatable bonds is 6. The average molecular weight is 536 g/mol. The highest BCUT2D eigenvalue weighted by Crippen LogP contribution is 2.30. The Morgan fingerprint density at radius 3 is 2.55 bits per heavy atom. The number of carbonyl (C=O) groups excluding carboxylic acids is 1. The lowest BCUT2D eigenvalue weighted by Crippen LogP contribution is -2.44. The van der Waals surface area contributed by atoms with E-state index in [1.54, 1.807) is 35.3 Å². The Labute approximate surface area is 224 Å². The molecule has 2 aromatic carbocycles. The molecule has 0 bridgehead atoms. The Morgan fingerprint density at radius 2 is 1.79 bits per heavy atom. The zero-order valence-corrected chi connectivity index (χ0v) is 21.7. The number of halogens is 2. The minimum Gasteiger partial charge on any atom is -0.457 e. The van der Waals surface area contributed by atoms with Crippen LogP contribution in [0.1, 0.15) is 0 Å². The topological polar surface area (TPSA) is 87.6 Å². The molecule has 0 aliphatic carbocycles. The molecule has 1 saturated heterocycles. The van der Waals surface area contributed by atoms with E-state index >= 15 is 0 Å². The van der Waals surface area contributed by atoms with Crippen LogP contribution in [0.25, 0.3) is 11.3 Å². The van der Waals surface area contributed by atoms with E-state index in [4.69, 9.17) is 16.3 Å². The van der Waals surface area contributed by atoms with Crippen LogP contribution in [-0.2, 0) is 7.05 Å². The van der Waals surface area contributed by atoms with Gasteiger partial charge in [0, 0.05) is 79.7 Å². The summed E-state index contributed by atoms with van der Waals surface area (Å²) in [6, 6.07) is 12.4. The van der Waals surface area contributed by atoms with Crippen molar-refractivity contribution in [1.29, 1.82) is 0 Å². The maximum Gasteiger partial charge on any atom is 0.323 e. The van der Waals surface area contributed by atoms with Gasteiger partial charge in [0.25, 0.3) is 0 Å². The Hall–Kier alpha value is -4.15. The molecule has 0 unspecified atom stereocenters. The summed E-state index contributed by atoms with van der Waals surface area (Å²) < 4.78 is 22.2. The predicted octanol–water partition coefficient (Wildman–Crippen LogP) is 5.46. The van der Waals surface area contributed by atoms with Gasteiger partial charge in [0.2, 0.25) is 0 Å². The number of likely N-dealkylation sites (N-methyl/N-ethyl adjacent to an activating group) is 1. The molecular weight excluding hydrogens is 509 g/mol. The van der Waals surface area contributed by atoms with E-state index < -0.39 is 11.8 Å². The monoisotopic (exact) mass is 535 g/mol. The zero-order valence-electron chi connectivity index (χ0n) is 21.0. The van der Waals surface area contributed by atoms with Gasteiger partial charge in [-0.3, -0.25) is 9.67 Å². The molecule has 1 fully saturated rings. The number of aromatic nitrogens is 3. The van der Waals surface area contributed by atoms with Gasteiger partial charge in [-0.15, -0.1) is 0 Å². The summed E-state index contributed by atoms with van der Waals surface area (Å²) in [5.74, 6) is 0.267. The maximum atomic E-state index is 14.5. The molecule has 3 heterocycles. The van der Waals surface area contributed by atoms with Gasteiger partial charge in [0.15, 0.2) is 0 Å². The third kappa shape index (κ3) is 6.21. The van der Waals surface area contributed by atoms with E-state index in [0.29, 0.717) is 27.9 Å². The Balaban J connectivity index is 1.27. The summed E-state index contributed by atoms with van der Waals surface area (Å²) in [6.45, 7) is 3.61. The number of piperazine rings is 1. The van der Waals surface area contributed by atoms with Crippen LogP contribution in [0, 0.1) is 5.82 Å². The molecule has 11 heteroatoms. The maximum absolute atomic E-state index is 14.5. The van der Waals surface area contributed by atoms with Crippen LogP contribution in [0.5, 0.6) is 11.5 Å². The largest absolute Gasteiger partial charge is 0.457 e. The smallest absolute Gasteiger partial charge is 0.323 e. The second-order valence-corrected chi connectivity index (χ2v) is 9.53. The van der Waals surface area contributed by atoms with Crippen molar-refractivity contribution in [3.8, 4) is 22.8 Å². The minimum absolute atomic E-state index is 0.0251. The molecule has 0 atom stereocenters. The summed E-state index contributed by atoms with van der Waals surface area (Å²) in [5, 5.41) is 9.96. The highest BCUT2D eigenvalue weighted by atomic mass is 35.5. The number of hydrogen-bond acceptors (Lipinski definition) is 6. The van der Waals surface area contributed by atoms with E-state index in [1.165, 1.54) is 18.2 Å². The van der Waals surface area contributed by atoms with Crippen LogP contribution in [0.15, 0.2) is 67.1 Å². The lowest BCUT2D eigenvalue weighted by molar-refractivity contribution is 0.262. The first-order chi connectivity index (χ1) is 18.3. The van der Waals surface area contributed by atoms with Crippen molar-refractivity contribution < 1.29 is 13.9 Å². The number of nitrogens with zero attached hydrogens (tertiary/aromatic N) is 5. The van der Waals surface area contributed by atoms with E-state index in [1.807, 2.05) is 25.4 Å². The number of benzene rings is 2. The van der Waals surface area contributed by atoms with Gasteiger partial charge in [-0.1, -0.05) is 11.6 Å². The molecule has 0 saturated carbocycles. The average Bonchev–Trinajstić information content (AvgIpc) is 3.32. The first kappa shape index (κ1) is 25.5. The fraction of sp³-hybridized carbons (Fsp3) is 0.222. The number of pyridine rings is 1. The summed E-state index contributed by atoms with van der Waals surface area (Å²) >= 11 is 6.32. The summed E-state index contributed by atoms with van der Waals surface area (Å²) in [5.41, 5.74) is 2.94. The fourth-order valence-corrected chi connectivity index (χ4v) is 4.39. The molecule has 2 N–H and O–H groups in total. The van der Waals surface area contributed by atoms with Gasteiger partial charge in [0.05, 0.1) is 17.6 Å². The molecule has 2 amide bonds. The van der Waals surface area contributed by atoms with E-state index in [2.05, 4.69) is 37.6 Å². The van der Waals surface area contributed by atoms with Crippen molar-refractivity contribution in [3.05, 3.63) is 78.0 Å². The quantitative estimate of drug-likeness (QED) is 0.341. The number of ether oxygens (including phenoxy) is 1. The number of nitrogens with one attached hydrogen (secondary N) is 2. The first-order valence-corrected chi connectivity index (χ1v) is 12.4. The molecule has 4 aromatic rings. The number of hydrogen-bond donors (Lipinski definition) is 2. The van der Waals surface area contributed by atoms with E-state index in [0.717, 1.165) is 37.4 Å². The van der Waals surface area contributed by atoms with Crippen LogP contribution in [-0.4, -0.2) is 58.9 Å². The normalized spacial score (nSPS) is 13.8. The highest BCUT2D eigenvalue weighted by molar-refractivity contribution is 6.31. The first-order valence-electron chi connectivity index (χ1n) is 12.1. The number of anilines is 3. The molecule has 0 spiro atoms. The Morgan fingerprint density at radius 1 is 1.00 bits per heavy atom. The highest BCUT2D eigenvalue weighted by Gasteiger charge is 2.16. The molecule has 2 aromatic heterocycles. The molecule has 38 heavy (non-hydrogen) atoms. The molecule has 0 radical (unpaired) electrons. The molecular formula is C27H27ClFN7O2. The standard InChI is InChI=1S/C27H27ClFN7O2/c1-34-7-9-36(10-8-34)21-12-19(28)11-20(13-21)32-27(37)33-26-15-22(3-4-24(26)29)38-23-5-6-30-25(14-23)18-16-31-35(2)17-18/h3-6,11-17H,7-10H2,1-2H3,(H2,32,33,37). The van der Waals surface area contributed by atoms with Gasteiger partial charge in [-0.05, 0) is 43.4 Å². The molecule has 1 aliphatic heterocycles. The van der Waals surface area contributed by atoms with Crippen molar-refractivity contribution in [3.63, 3.8) is 0 Å². The summed E-state index contributed by atoms with van der Waals surface area (Å²) in [7, 11) is 3.91. The summed E-state index contributed by atoms with van der Waals surface area (Å²) in [4.78, 5) is 21.6. The van der Waals surface area contributed by atoms with Crippen LogP contribution in [0.3, 0.4) is 0 Å². The van der Waals surface area contributed by atoms with Crippen molar-refractivity contribution >= 4 is 34.7 Å². The second-order valence-electron chi connectivity index (χ2n) is 9.09. The van der Waals surface area contributed by atoms with Gasteiger partial charge in [-0.2, -0.15) is 5.10 Å². The number of carbonyl (C=O) groups is 1. The van der Waals surface area contributed by atoms with Crippen molar-refractivity contribution in [2.75, 3.05) is 48.8 Å². The zero-order chi connectivity index (χ0) is 26.6. The predicted molar refractivity (Wildman–Crippen MR) is 147 cm³/mol. The van der Waals surface area contributed by atoms with Crippen molar-refractivity contribution in [2.24, 2.45) is 7.05 Å². The number of urea groups is 1. The fourth-order valence-electron chi connectivity index (χ4n) is 4.16. The second kappa shape index (κ2) is 11.1. The van der Waals surface area contributed by atoms with Gasteiger partial charge in [-0.25, -0.2) is 9.18 Å². The number of aryl methyl sites for hydroxylation is 1. The van der Waals surface area contributed by atoms with Crippen LogP contribution >= 0.6 is 11.6 Å². The van der Waals surface area contributed by atoms with Crippen LogP contribution in [0.2, 0.25) is 5.02 Å². The van der Waals surface area contributed by atoms with Gasteiger partial charge < -0.3 is 25.2 Å². The van der Waals surface area contributed by atoms with Crippen LogP contribution < -0.4 is 20.3 Å². The molecule has 196 valence electrons. The minimum atomic E-state index is -0.601. The van der Waals surface area contributed by atoms with Gasteiger partial charge >= 0.3 is 6.03 Å². The van der Waals surface area contributed by atoms with Crippen LogP contribution in [0.4, 0.5) is 26.2 Å². The Bertz CT molecular complexity index is 1450. The lowest BCUT2D eigenvalue weighted by atomic mass is 10.2. The third-order valence-corrected chi connectivity index (χ3v) is 6.38. The molecule has 1 aliphatic rings. The van der Waals surface area contributed by atoms with Gasteiger partial charge in [0.1, 0.15) is 17.3 Å².